The Morgan fingerprint density at radius 3 is 2.65 bits per heavy atom. The van der Waals surface area contributed by atoms with E-state index in [9.17, 15) is 13.2 Å². The molecule has 1 aromatic heterocycles. The molecule has 0 saturated carbocycles. The molecule has 20 heavy (non-hydrogen) atoms. The number of aromatic nitrogens is 2. The Kier molecular flexibility index (Phi) is 3.84. The third kappa shape index (κ3) is 3.23. The lowest BCUT2D eigenvalue weighted by atomic mass is 10.1. The number of nitrogens with one attached hydrogen (secondary N) is 1. The van der Waals surface area contributed by atoms with E-state index in [2.05, 4.69) is 15.5 Å². The summed E-state index contributed by atoms with van der Waals surface area (Å²) in [6, 6.07) is 8.32. The summed E-state index contributed by atoms with van der Waals surface area (Å²) in [6.45, 7) is 0.310. The molecule has 1 N–H and O–H groups in total. The van der Waals surface area contributed by atoms with Crippen LogP contribution in [0.4, 0.5) is 18.9 Å². The first kappa shape index (κ1) is 13.8. The Labute approximate surface area is 112 Å². The first-order valence-electron chi connectivity index (χ1n) is 5.62. The maximum atomic E-state index is 12.6. The monoisotopic (exact) mass is 278 g/mol. The van der Waals surface area contributed by atoms with Crippen molar-refractivity contribution in [2.24, 2.45) is 0 Å². The van der Waals surface area contributed by atoms with Gasteiger partial charge < -0.3 is 5.32 Å². The van der Waals surface area contributed by atoms with Gasteiger partial charge in [0.05, 0.1) is 29.4 Å². The van der Waals surface area contributed by atoms with E-state index in [1.165, 1.54) is 18.3 Å². The fourth-order valence-corrected chi connectivity index (χ4v) is 1.61. The molecule has 0 aliphatic heterocycles. The molecular formula is C13H9F3N4. The maximum absolute atomic E-state index is 12.6. The van der Waals surface area contributed by atoms with Crippen LogP contribution in [0.15, 0.2) is 36.5 Å². The van der Waals surface area contributed by atoms with Gasteiger partial charge in [-0.1, -0.05) is 0 Å². The zero-order valence-corrected chi connectivity index (χ0v) is 10.1. The minimum atomic E-state index is -4.53. The van der Waals surface area contributed by atoms with Crippen LogP contribution in [0.3, 0.4) is 0 Å². The predicted molar refractivity (Wildman–Crippen MR) is 65.5 cm³/mol. The van der Waals surface area contributed by atoms with Gasteiger partial charge in [-0.2, -0.15) is 28.6 Å². The molecule has 0 unspecified atom stereocenters. The van der Waals surface area contributed by atoms with E-state index in [1.54, 1.807) is 18.2 Å². The Hall–Kier alpha value is -2.62. The average Bonchev–Trinajstić information content (AvgIpc) is 2.45. The van der Waals surface area contributed by atoms with Crippen molar-refractivity contribution in [3.05, 3.63) is 53.3 Å². The molecule has 0 spiro atoms. The summed E-state index contributed by atoms with van der Waals surface area (Å²) >= 11 is 0. The molecule has 102 valence electrons. The summed E-state index contributed by atoms with van der Waals surface area (Å²) in [5, 5.41) is 19.2. The van der Waals surface area contributed by atoms with E-state index in [-0.39, 0.29) is 0 Å². The van der Waals surface area contributed by atoms with Gasteiger partial charge in [-0.3, -0.25) is 0 Å². The number of rotatable bonds is 3. The normalized spacial score (nSPS) is 10.9. The topological polar surface area (TPSA) is 61.6 Å². The number of anilines is 1. The van der Waals surface area contributed by atoms with E-state index in [0.29, 0.717) is 17.9 Å². The summed E-state index contributed by atoms with van der Waals surface area (Å²) in [7, 11) is 0. The van der Waals surface area contributed by atoms with Crippen molar-refractivity contribution in [3.63, 3.8) is 0 Å². The van der Waals surface area contributed by atoms with E-state index >= 15 is 0 Å². The molecule has 0 saturated heterocycles. The van der Waals surface area contributed by atoms with Crippen molar-refractivity contribution in [2.45, 2.75) is 12.7 Å². The van der Waals surface area contributed by atoms with Gasteiger partial charge in [0.25, 0.3) is 0 Å². The maximum Gasteiger partial charge on any atom is 0.417 e. The number of halogens is 3. The van der Waals surface area contributed by atoms with Gasteiger partial charge in [0.1, 0.15) is 0 Å². The largest absolute Gasteiger partial charge is 0.417 e. The van der Waals surface area contributed by atoms with Crippen LogP contribution >= 0.6 is 0 Å². The van der Waals surface area contributed by atoms with Crippen LogP contribution in [-0.4, -0.2) is 10.2 Å². The smallest absolute Gasteiger partial charge is 0.379 e. The van der Waals surface area contributed by atoms with Crippen LogP contribution in [0.2, 0.25) is 0 Å². The third-order valence-corrected chi connectivity index (χ3v) is 2.55. The Balaban J connectivity index is 2.17. The molecule has 2 aromatic rings. The second-order valence-electron chi connectivity index (χ2n) is 3.94. The number of hydrogen-bond donors (Lipinski definition) is 1. The van der Waals surface area contributed by atoms with Crippen LogP contribution in [0.25, 0.3) is 0 Å². The molecular weight excluding hydrogens is 269 g/mol. The molecule has 7 heteroatoms. The highest BCUT2D eigenvalue weighted by Crippen LogP contribution is 2.32. The van der Waals surface area contributed by atoms with Crippen LogP contribution in [0, 0.1) is 11.3 Å². The lowest BCUT2D eigenvalue weighted by Gasteiger charge is -2.11. The van der Waals surface area contributed by atoms with Crippen LogP contribution < -0.4 is 5.32 Å². The van der Waals surface area contributed by atoms with Crippen LogP contribution in [0.1, 0.15) is 16.8 Å². The average molecular weight is 278 g/mol. The van der Waals surface area contributed by atoms with E-state index in [0.717, 1.165) is 6.07 Å². The quantitative estimate of drug-likeness (QED) is 0.937. The SMILES string of the molecule is N#Cc1cc(NCc2cccnn2)ccc1C(F)(F)F. The van der Waals surface area contributed by atoms with Gasteiger partial charge in [-0.25, -0.2) is 0 Å². The number of hydrogen-bond acceptors (Lipinski definition) is 4. The third-order valence-electron chi connectivity index (χ3n) is 2.55. The van der Waals surface area contributed by atoms with Gasteiger partial charge in [0, 0.05) is 11.9 Å². The number of nitrogens with zero attached hydrogens (tertiary/aromatic N) is 3. The van der Waals surface area contributed by atoms with E-state index in [1.807, 2.05) is 0 Å². The molecule has 2 rings (SSSR count). The van der Waals surface area contributed by atoms with Crippen molar-refractivity contribution >= 4 is 5.69 Å². The molecule has 1 heterocycles. The van der Waals surface area contributed by atoms with Crippen LogP contribution in [0.5, 0.6) is 0 Å². The number of benzene rings is 1. The Morgan fingerprint density at radius 2 is 2.05 bits per heavy atom. The molecule has 0 atom stereocenters. The van der Waals surface area contributed by atoms with Crippen molar-refractivity contribution in [1.29, 1.82) is 5.26 Å². The first-order valence-corrected chi connectivity index (χ1v) is 5.62. The van der Waals surface area contributed by atoms with Gasteiger partial charge in [-0.15, -0.1) is 0 Å². The van der Waals surface area contributed by atoms with Gasteiger partial charge in [0.15, 0.2) is 0 Å². The summed E-state index contributed by atoms with van der Waals surface area (Å²) in [5.41, 5.74) is -0.294. The second kappa shape index (κ2) is 5.57. The molecule has 0 fully saturated rings. The molecule has 0 aliphatic carbocycles. The minimum absolute atomic E-state index is 0.310. The minimum Gasteiger partial charge on any atom is -0.379 e. The fraction of sp³-hybridized carbons (Fsp3) is 0.154. The molecule has 0 bridgehead atoms. The van der Waals surface area contributed by atoms with Gasteiger partial charge in [0.2, 0.25) is 0 Å². The van der Waals surface area contributed by atoms with E-state index in [4.69, 9.17) is 5.26 Å². The zero-order valence-electron chi connectivity index (χ0n) is 10.1. The lowest BCUT2D eigenvalue weighted by Crippen LogP contribution is -2.09. The second-order valence-corrected chi connectivity index (χ2v) is 3.94. The number of alkyl halides is 3. The fourth-order valence-electron chi connectivity index (χ4n) is 1.61. The summed E-state index contributed by atoms with van der Waals surface area (Å²) in [4.78, 5) is 0. The zero-order chi connectivity index (χ0) is 14.6. The summed E-state index contributed by atoms with van der Waals surface area (Å²) in [5.74, 6) is 0. The van der Waals surface area contributed by atoms with Crippen molar-refractivity contribution in [1.82, 2.24) is 10.2 Å². The van der Waals surface area contributed by atoms with Crippen molar-refractivity contribution < 1.29 is 13.2 Å². The Bertz CT molecular complexity index is 632. The molecule has 4 nitrogen and oxygen atoms in total. The molecule has 0 radical (unpaired) electrons. The molecule has 1 aromatic carbocycles. The van der Waals surface area contributed by atoms with Gasteiger partial charge >= 0.3 is 6.18 Å². The van der Waals surface area contributed by atoms with E-state index < -0.39 is 17.3 Å². The highest BCUT2D eigenvalue weighted by atomic mass is 19.4. The molecule has 0 aliphatic rings. The highest BCUT2D eigenvalue weighted by molar-refractivity contribution is 5.53. The molecule has 0 amide bonds. The Morgan fingerprint density at radius 1 is 1.25 bits per heavy atom. The van der Waals surface area contributed by atoms with Crippen molar-refractivity contribution in [2.75, 3.05) is 5.32 Å². The lowest BCUT2D eigenvalue weighted by molar-refractivity contribution is -0.137. The standard InChI is InChI=1S/C13H9F3N4/c14-13(15,16)12-4-3-10(6-9(12)7-17)18-8-11-2-1-5-19-20-11/h1-6,18H,8H2. The van der Waals surface area contributed by atoms with Crippen LogP contribution in [-0.2, 0) is 12.7 Å². The summed E-state index contributed by atoms with van der Waals surface area (Å²) < 4.78 is 37.9. The highest BCUT2D eigenvalue weighted by Gasteiger charge is 2.33. The number of nitriles is 1. The van der Waals surface area contributed by atoms with Gasteiger partial charge in [-0.05, 0) is 30.3 Å². The first-order chi connectivity index (χ1) is 9.50. The van der Waals surface area contributed by atoms with Crippen molar-refractivity contribution in [3.8, 4) is 6.07 Å². The summed E-state index contributed by atoms with van der Waals surface area (Å²) in [6.07, 6.45) is -3.01. The predicted octanol–water partition coefficient (Wildman–Crippen LogP) is 2.98.